The summed E-state index contributed by atoms with van der Waals surface area (Å²) in [5.74, 6) is 0.600. The van der Waals surface area contributed by atoms with Gasteiger partial charge in [-0.2, -0.15) is 0 Å². The highest BCUT2D eigenvalue weighted by molar-refractivity contribution is 5.97. The Morgan fingerprint density at radius 3 is 2.63 bits per heavy atom. The molecule has 1 N–H and O–H groups in total. The van der Waals surface area contributed by atoms with Gasteiger partial charge in [0.2, 0.25) is 0 Å². The summed E-state index contributed by atoms with van der Waals surface area (Å²) in [6.07, 6.45) is 1.04. The van der Waals surface area contributed by atoms with Crippen LogP contribution in [-0.2, 0) is 4.74 Å². The van der Waals surface area contributed by atoms with Crippen LogP contribution in [0.25, 0.3) is 0 Å². The molecule has 0 atom stereocenters. The summed E-state index contributed by atoms with van der Waals surface area (Å²) in [4.78, 5) is 4.44. The molecule has 1 saturated heterocycles. The van der Waals surface area contributed by atoms with Gasteiger partial charge in [-0.05, 0) is 25.5 Å². The first kappa shape index (κ1) is 13.9. The van der Waals surface area contributed by atoms with Crippen LogP contribution in [0.2, 0.25) is 0 Å². The highest BCUT2D eigenvalue weighted by atomic mass is 16.5. The first-order chi connectivity index (χ1) is 9.24. The van der Waals surface area contributed by atoms with Crippen LogP contribution in [0.15, 0.2) is 24.3 Å². The van der Waals surface area contributed by atoms with Crippen molar-refractivity contribution in [1.29, 1.82) is 5.41 Å². The topological polar surface area (TPSA) is 39.6 Å². The second-order valence-electron chi connectivity index (χ2n) is 4.83. The van der Waals surface area contributed by atoms with E-state index in [2.05, 4.69) is 34.9 Å². The quantitative estimate of drug-likeness (QED) is 0.669. The lowest BCUT2D eigenvalue weighted by Gasteiger charge is -2.34. The minimum atomic E-state index is 0.600. The molecule has 104 valence electrons. The molecule has 0 radical (unpaired) electrons. The molecule has 2 rings (SSSR count). The number of nitrogens with zero attached hydrogens (tertiary/aromatic N) is 2. The van der Waals surface area contributed by atoms with Gasteiger partial charge in [-0.25, -0.2) is 0 Å². The average molecular weight is 261 g/mol. The van der Waals surface area contributed by atoms with Crippen molar-refractivity contribution in [3.05, 3.63) is 24.3 Å². The Morgan fingerprint density at radius 2 is 2.00 bits per heavy atom. The third-order valence-electron chi connectivity index (χ3n) is 3.38. The highest BCUT2D eigenvalue weighted by Gasteiger charge is 2.18. The van der Waals surface area contributed by atoms with Gasteiger partial charge < -0.3 is 14.5 Å². The molecule has 1 aliphatic heterocycles. The number of anilines is 2. The molecule has 1 aliphatic rings. The van der Waals surface area contributed by atoms with E-state index in [0.29, 0.717) is 5.84 Å². The predicted molar refractivity (Wildman–Crippen MR) is 80.5 cm³/mol. The third-order valence-corrected chi connectivity index (χ3v) is 3.38. The van der Waals surface area contributed by atoms with Crippen molar-refractivity contribution in [1.82, 2.24) is 0 Å². The fourth-order valence-corrected chi connectivity index (χ4v) is 2.46. The lowest BCUT2D eigenvalue weighted by atomic mass is 10.2. The highest BCUT2D eigenvalue weighted by Crippen LogP contribution is 2.30. The molecule has 1 aromatic carbocycles. The Hall–Kier alpha value is -1.55. The summed E-state index contributed by atoms with van der Waals surface area (Å²) in [7, 11) is 0. The predicted octanol–water partition coefficient (Wildman–Crippen LogP) is 2.74. The summed E-state index contributed by atoms with van der Waals surface area (Å²) in [5, 5.41) is 7.99. The number of morpholine rings is 1. The van der Waals surface area contributed by atoms with E-state index in [9.17, 15) is 0 Å². The molecule has 0 amide bonds. The van der Waals surface area contributed by atoms with E-state index in [-0.39, 0.29) is 0 Å². The lowest BCUT2D eigenvalue weighted by molar-refractivity contribution is 0.123. The number of para-hydroxylation sites is 2. The maximum Gasteiger partial charge on any atom is 0.0971 e. The Kier molecular flexibility index (Phi) is 4.80. The van der Waals surface area contributed by atoms with Gasteiger partial charge in [-0.15, -0.1) is 0 Å². The number of ether oxygens (including phenoxy) is 1. The van der Waals surface area contributed by atoms with E-state index in [0.717, 1.165) is 45.0 Å². The van der Waals surface area contributed by atoms with Crippen LogP contribution in [0, 0.1) is 5.41 Å². The zero-order chi connectivity index (χ0) is 13.7. The molecule has 4 nitrogen and oxygen atoms in total. The van der Waals surface area contributed by atoms with Crippen LogP contribution in [0.3, 0.4) is 0 Å². The second kappa shape index (κ2) is 6.57. The maximum atomic E-state index is 7.99. The van der Waals surface area contributed by atoms with Crippen LogP contribution in [0.1, 0.15) is 20.3 Å². The number of amidine groups is 1. The molecule has 0 spiro atoms. The van der Waals surface area contributed by atoms with E-state index >= 15 is 0 Å². The van der Waals surface area contributed by atoms with E-state index in [1.165, 1.54) is 5.69 Å². The standard InChI is InChI=1S/C15H23N3O/c1-3-8-18(13(2)16)15-7-5-4-6-14(15)17-9-11-19-12-10-17/h4-7,16H,3,8-12H2,1-2H3. The van der Waals surface area contributed by atoms with Crippen molar-refractivity contribution in [2.75, 3.05) is 42.6 Å². The van der Waals surface area contributed by atoms with Crippen molar-refractivity contribution in [2.45, 2.75) is 20.3 Å². The van der Waals surface area contributed by atoms with E-state index in [1.807, 2.05) is 13.0 Å². The largest absolute Gasteiger partial charge is 0.378 e. The van der Waals surface area contributed by atoms with Gasteiger partial charge in [-0.1, -0.05) is 19.1 Å². The SMILES string of the molecule is CCCN(C(C)=N)c1ccccc1N1CCOCC1. The summed E-state index contributed by atoms with van der Waals surface area (Å²) >= 11 is 0. The smallest absolute Gasteiger partial charge is 0.0971 e. The summed E-state index contributed by atoms with van der Waals surface area (Å²) in [6.45, 7) is 8.30. The van der Waals surface area contributed by atoms with Gasteiger partial charge in [0.25, 0.3) is 0 Å². The molecule has 1 heterocycles. The Bertz CT molecular complexity index is 427. The van der Waals surface area contributed by atoms with Gasteiger partial charge >= 0.3 is 0 Å². The first-order valence-corrected chi connectivity index (χ1v) is 6.98. The zero-order valence-electron chi connectivity index (χ0n) is 11.9. The minimum absolute atomic E-state index is 0.600. The van der Waals surface area contributed by atoms with Gasteiger partial charge in [-0.3, -0.25) is 5.41 Å². The molecule has 0 bridgehead atoms. The molecule has 1 aromatic rings. The molecular formula is C15H23N3O. The van der Waals surface area contributed by atoms with E-state index in [1.54, 1.807) is 0 Å². The normalized spacial score (nSPS) is 15.4. The third kappa shape index (κ3) is 3.26. The number of rotatable bonds is 4. The molecular weight excluding hydrogens is 238 g/mol. The fraction of sp³-hybridized carbons (Fsp3) is 0.533. The average Bonchev–Trinajstić information content (AvgIpc) is 2.45. The van der Waals surface area contributed by atoms with Crippen molar-refractivity contribution >= 4 is 17.2 Å². The zero-order valence-corrected chi connectivity index (χ0v) is 11.9. The molecule has 4 heteroatoms. The summed E-state index contributed by atoms with van der Waals surface area (Å²) in [5.41, 5.74) is 2.35. The second-order valence-corrected chi connectivity index (χ2v) is 4.83. The lowest BCUT2D eigenvalue weighted by Crippen LogP contribution is -2.38. The molecule has 19 heavy (non-hydrogen) atoms. The fourth-order valence-electron chi connectivity index (χ4n) is 2.46. The van der Waals surface area contributed by atoms with Crippen molar-refractivity contribution < 1.29 is 4.74 Å². The van der Waals surface area contributed by atoms with Crippen molar-refractivity contribution in [2.24, 2.45) is 0 Å². The molecule has 0 saturated carbocycles. The van der Waals surface area contributed by atoms with Crippen LogP contribution < -0.4 is 9.80 Å². The Balaban J connectivity index is 2.30. The molecule has 0 aromatic heterocycles. The van der Waals surface area contributed by atoms with Crippen LogP contribution in [0.5, 0.6) is 0 Å². The van der Waals surface area contributed by atoms with Gasteiger partial charge in [0.15, 0.2) is 0 Å². The minimum Gasteiger partial charge on any atom is -0.378 e. The number of nitrogens with one attached hydrogen (secondary N) is 1. The van der Waals surface area contributed by atoms with Crippen LogP contribution in [-0.4, -0.2) is 38.7 Å². The summed E-state index contributed by atoms with van der Waals surface area (Å²) in [6, 6.07) is 8.37. The van der Waals surface area contributed by atoms with Crippen LogP contribution in [0.4, 0.5) is 11.4 Å². The van der Waals surface area contributed by atoms with Gasteiger partial charge in [0.1, 0.15) is 0 Å². The molecule has 0 aliphatic carbocycles. The Morgan fingerprint density at radius 1 is 1.32 bits per heavy atom. The Labute approximate surface area is 115 Å². The van der Waals surface area contributed by atoms with Crippen molar-refractivity contribution in [3.63, 3.8) is 0 Å². The van der Waals surface area contributed by atoms with Crippen molar-refractivity contribution in [3.8, 4) is 0 Å². The van der Waals surface area contributed by atoms with Gasteiger partial charge in [0.05, 0.1) is 30.4 Å². The number of hydrogen-bond donors (Lipinski definition) is 1. The maximum absolute atomic E-state index is 7.99. The number of hydrogen-bond acceptors (Lipinski definition) is 3. The summed E-state index contributed by atoms with van der Waals surface area (Å²) < 4.78 is 5.42. The molecule has 0 unspecified atom stereocenters. The van der Waals surface area contributed by atoms with E-state index in [4.69, 9.17) is 10.1 Å². The van der Waals surface area contributed by atoms with E-state index < -0.39 is 0 Å². The monoisotopic (exact) mass is 261 g/mol. The number of benzene rings is 1. The van der Waals surface area contributed by atoms with Gasteiger partial charge in [0, 0.05) is 19.6 Å². The molecule has 1 fully saturated rings. The van der Waals surface area contributed by atoms with Crippen LogP contribution >= 0.6 is 0 Å². The first-order valence-electron chi connectivity index (χ1n) is 6.98.